The second-order valence-corrected chi connectivity index (χ2v) is 8.17. The van der Waals surface area contributed by atoms with Crippen LogP contribution in [0.1, 0.15) is 59.3 Å². The van der Waals surface area contributed by atoms with Crippen LogP contribution in [-0.4, -0.2) is 42.4 Å². The minimum Gasteiger partial charge on any atom is -0.444 e. The highest BCUT2D eigenvalue weighted by atomic mass is 16.6. The highest BCUT2D eigenvalue weighted by Crippen LogP contribution is 2.34. The Morgan fingerprint density at radius 3 is 2.59 bits per heavy atom. The van der Waals surface area contributed by atoms with Crippen LogP contribution in [-0.2, 0) is 4.74 Å². The van der Waals surface area contributed by atoms with E-state index in [2.05, 4.69) is 16.0 Å². The summed E-state index contributed by atoms with van der Waals surface area (Å²) in [4.78, 5) is 11.8. The molecule has 0 spiro atoms. The lowest BCUT2D eigenvalue weighted by atomic mass is 9.93. The zero-order chi connectivity index (χ0) is 15.7. The van der Waals surface area contributed by atoms with Crippen molar-refractivity contribution in [3.8, 4) is 0 Å². The summed E-state index contributed by atoms with van der Waals surface area (Å²) >= 11 is 0. The molecule has 22 heavy (non-hydrogen) atoms. The molecular formula is C17H31N3O2. The van der Waals surface area contributed by atoms with Gasteiger partial charge < -0.3 is 20.7 Å². The molecule has 3 fully saturated rings. The van der Waals surface area contributed by atoms with Crippen molar-refractivity contribution in [2.24, 2.45) is 5.92 Å². The average Bonchev–Trinajstić information content (AvgIpc) is 2.82. The first kappa shape index (κ1) is 16.1. The van der Waals surface area contributed by atoms with E-state index >= 15 is 0 Å². The second kappa shape index (κ2) is 6.36. The molecule has 1 heterocycles. The van der Waals surface area contributed by atoms with Crippen LogP contribution in [0.3, 0.4) is 0 Å². The van der Waals surface area contributed by atoms with E-state index < -0.39 is 5.60 Å². The molecule has 3 aliphatic rings. The topological polar surface area (TPSA) is 62.4 Å². The molecule has 0 aromatic rings. The van der Waals surface area contributed by atoms with Crippen molar-refractivity contribution in [3.05, 3.63) is 0 Å². The van der Waals surface area contributed by atoms with E-state index in [1.165, 1.54) is 38.6 Å². The van der Waals surface area contributed by atoms with Gasteiger partial charge in [0.25, 0.3) is 0 Å². The molecule has 5 heteroatoms. The van der Waals surface area contributed by atoms with Crippen molar-refractivity contribution in [1.29, 1.82) is 0 Å². The summed E-state index contributed by atoms with van der Waals surface area (Å²) in [5.41, 5.74) is -0.424. The number of ether oxygens (including phenoxy) is 1. The van der Waals surface area contributed by atoms with Crippen LogP contribution in [0.4, 0.5) is 4.79 Å². The quantitative estimate of drug-likeness (QED) is 0.745. The van der Waals surface area contributed by atoms with Crippen molar-refractivity contribution in [2.45, 2.75) is 89.1 Å². The number of alkyl carbamates (subject to hydrolysis) is 1. The second-order valence-electron chi connectivity index (χ2n) is 8.17. The van der Waals surface area contributed by atoms with Crippen molar-refractivity contribution in [3.63, 3.8) is 0 Å². The number of nitrogens with one attached hydrogen (secondary N) is 3. The largest absolute Gasteiger partial charge is 0.444 e. The van der Waals surface area contributed by atoms with Gasteiger partial charge in [-0.2, -0.15) is 0 Å². The van der Waals surface area contributed by atoms with Crippen molar-refractivity contribution < 1.29 is 9.53 Å². The first-order valence-electron chi connectivity index (χ1n) is 8.91. The Morgan fingerprint density at radius 2 is 1.91 bits per heavy atom. The average molecular weight is 309 g/mol. The number of amides is 1. The number of hydrogen-bond acceptors (Lipinski definition) is 4. The monoisotopic (exact) mass is 309 g/mol. The molecule has 5 atom stereocenters. The lowest BCUT2D eigenvalue weighted by Crippen LogP contribution is -2.45. The zero-order valence-electron chi connectivity index (χ0n) is 14.2. The Bertz CT molecular complexity index is 401. The van der Waals surface area contributed by atoms with Crippen molar-refractivity contribution in [1.82, 2.24) is 16.0 Å². The van der Waals surface area contributed by atoms with Gasteiger partial charge in [0.15, 0.2) is 0 Å². The van der Waals surface area contributed by atoms with Gasteiger partial charge >= 0.3 is 6.09 Å². The number of carbonyl (C=O) groups excluding carboxylic acids is 1. The fourth-order valence-corrected chi connectivity index (χ4v) is 4.03. The molecule has 2 aliphatic carbocycles. The van der Waals surface area contributed by atoms with Gasteiger partial charge in [-0.25, -0.2) is 4.79 Å². The van der Waals surface area contributed by atoms with Gasteiger partial charge in [-0.15, -0.1) is 0 Å². The first-order valence-corrected chi connectivity index (χ1v) is 8.91. The van der Waals surface area contributed by atoms with Crippen LogP contribution >= 0.6 is 0 Å². The molecular weight excluding hydrogens is 278 g/mol. The summed E-state index contributed by atoms with van der Waals surface area (Å²) in [5.74, 6) is 0.769. The SMILES string of the molecule is CC(C)(C)OC(=O)NC1CC1NC1CCCC1C1CCCN1. The molecule has 1 amide bonds. The van der Waals surface area contributed by atoms with E-state index in [-0.39, 0.29) is 12.1 Å². The Kier molecular flexibility index (Phi) is 4.64. The van der Waals surface area contributed by atoms with Crippen LogP contribution in [0, 0.1) is 5.92 Å². The third-order valence-electron chi connectivity index (χ3n) is 5.11. The summed E-state index contributed by atoms with van der Waals surface area (Å²) in [5, 5.41) is 10.4. The minimum atomic E-state index is -0.424. The first-order chi connectivity index (χ1) is 10.4. The predicted octanol–water partition coefficient (Wildman–Crippen LogP) is 2.16. The smallest absolute Gasteiger partial charge is 0.407 e. The number of carbonyl (C=O) groups is 1. The van der Waals surface area contributed by atoms with E-state index in [9.17, 15) is 4.79 Å². The highest BCUT2D eigenvalue weighted by Gasteiger charge is 2.43. The van der Waals surface area contributed by atoms with Crippen LogP contribution < -0.4 is 16.0 Å². The Morgan fingerprint density at radius 1 is 1.09 bits per heavy atom. The summed E-state index contributed by atoms with van der Waals surface area (Å²) in [6, 6.07) is 1.99. The van der Waals surface area contributed by atoms with Gasteiger partial charge in [0, 0.05) is 24.2 Å². The Labute approximate surface area is 133 Å². The summed E-state index contributed by atoms with van der Waals surface area (Å²) in [6.45, 7) is 6.87. The van der Waals surface area contributed by atoms with E-state index in [0.717, 1.165) is 12.3 Å². The van der Waals surface area contributed by atoms with Gasteiger partial charge in [-0.3, -0.25) is 0 Å². The maximum absolute atomic E-state index is 11.8. The highest BCUT2D eigenvalue weighted by molar-refractivity contribution is 5.68. The summed E-state index contributed by atoms with van der Waals surface area (Å²) in [6.07, 6.45) is 7.33. The van der Waals surface area contributed by atoms with E-state index in [1.54, 1.807) is 0 Å². The van der Waals surface area contributed by atoms with Crippen molar-refractivity contribution >= 4 is 6.09 Å². The predicted molar refractivity (Wildman–Crippen MR) is 86.9 cm³/mol. The molecule has 3 N–H and O–H groups in total. The molecule has 3 rings (SSSR count). The van der Waals surface area contributed by atoms with E-state index in [4.69, 9.17) is 4.74 Å². The molecule has 2 saturated carbocycles. The number of hydrogen-bond donors (Lipinski definition) is 3. The molecule has 5 unspecified atom stereocenters. The maximum Gasteiger partial charge on any atom is 0.407 e. The Hall–Kier alpha value is -0.810. The van der Waals surface area contributed by atoms with Crippen LogP contribution in [0.15, 0.2) is 0 Å². The van der Waals surface area contributed by atoms with Gasteiger partial charge in [-0.1, -0.05) is 6.42 Å². The molecule has 0 aromatic carbocycles. The lowest BCUT2D eigenvalue weighted by molar-refractivity contribution is 0.0521. The molecule has 0 aromatic heterocycles. The third-order valence-corrected chi connectivity index (χ3v) is 5.11. The van der Waals surface area contributed by atoms with E-state index in [1.807, 2.05) is 20.8 Å². The molecule has 1 aliphatic heterocycles. The molecule has 126 valence electrons. The standard InChI is InChI=1S/C17H31N3O2/c1-17(2,3)22-16(21)20-15-10-14(15)19-13-7-4-6-11(13)12-8-5-9-18-12/h11-15,18-19H,4-10H2,1-3H3,(H,20,21). The van der Waals surface area contributed by atoms with Gasteiger partial charge in [-0.05, 0) is 65.3 Å². The third kappa shape index (κ3) is 4.13. The minimum absolute atomic E-state index is 0.243. The lowest BCUT2D eigenvalue weighted by Gasteiger charge is -2.27. The van der Waals surface area contributed by atoms with Crippen LogP contribution in [0.25, 0.3) is 0 Å². The Balaban J connectivity index is 1.42. The maximum atomic E-state index is 11.8. The molecule has 1 saturated heterocycles. The molecule has 5 nitrogen and oxygen atoms in total. The van der Waals surface area contributed by atoms with Gasteiger partial charge in [0.05, 0.1) is 0 Å². The fraction of sp³-hybridized carbons (Fsp3) is 0.941. The molecule has 0 bridgehead atoms. The molecule has 0 radical (unpaired) electrons. The summed E-state index contributed by atoms with van der Waals surface area (Å²) < 4.78 is 5.32. The van der Waals surface area contributed by atoms with Crippen molar-refractivity contribution in [2.75, 3.05) is 6.54 Å². The number of rotatable bonds is 4. The summed E-state index contributed by atoms with van der Waals surface area (Å²) in [7, 11) is 0. The van der Waals surface area contributed by atoms with E-state index in [0.29, 0.717) is 18.1 Å². The van der Waals surface area contributed by atoms with Gasteiger partial charge in [0.2, 0.25) is 0 Å². The normalized spacial score (nSPS) is 38.0. The van der Waals surface area contributed by atoms with Crippen LogP contribution in [0.5, 0.6) is 0 Å². The van der Waals surface area contributed by atoms with Gasteiger partial charge in [0.1, 0.15) is 5.60 Å². The zero-order valence-corrected chi connectivity index (χ0v) is 14.2. The fourth-order valence-electron chi connectivity index (χ4n) is 4.03. The van der Waals surface area contributed by atoms with Crippen LogP contribution in [0.2, 0.25) is 0 Å².